The summed E-state index contributed by atoms with van der Waals surface area (Å²) in [5.74, 6) is 1.12. The molecule has 0 saturated heterocycles. The van der Waals surface area contributed by atoms with Gasteiger partial charge in [-0.1, -0.05) is 12.5 Å². The molecule has 1 fully saturated rings. The Balaban J connectivity index is 1.84. The zero-order valence-corrected chi connectivity index (χ0v) is 10.4. The number of hydrogen-bond acceptors (Lipinski definition) is 4. The number of fused-ring (bicyclic) bond motifs is 1. The molecule has 0 aromatic heterocycles. The van der Waals surface area contributed by atoms with E-state index >= 15 is 0 Å². The molecule has 4 nitrogen and oxygen atoms in total. The van der Waals surface area contributed by atoms with Crippen molar-refractivity contribution in [1.29, 1.82) is 0 Å². The molecule has 0 radical (unpaired) electrons. The molecule has 98 valence electrons. The lowest BCUT2D eigenvalue weighted by atomic mass is 9.94. The van der Waals surface area contributed by atoms with Crippen molar-refractivity contribution in [3.05, 3.63) is 23.8 Å². The third-order valence-electron chi connectivity index (χ3n) is 3.80. The Bertz CT molecular complexity index is 441. The zero-order valence-electron chi connectivity index (χ0n) is 10.4. The topological polar surface area (TPSA) is 64.7 Å². The van der Waals surface area contributed by atoms with Crippen LogP contribution in [0.4, 0.5) is 0 Å². The van der Waals surface area contributed by atoms with Crippen molar-refractivity contribution >= 4 is 0 Å². The van der Waals surface area contributed by atoms with Gasteiger partial charge in [0.15, 0.2) is 11.5 Å². The largest absolute Gasteiger partial charge is 0.448 e. The van der Waals surface area contributed by atoms with Crippen LogP contribution in [0, 0.1) is 0 Å². The number of hydrogen-bond donors (Lipinski definition) is 2. The van der Waals surface area contributed by atoms with Crippen LogP contribution in [0.3, 0.4) is 0 Å². The van der Waals surface area contributed by atoms with E-state index in [0.717, 1.165) is 42.7 Å². The first-order valence-corrected chi connectivity index (χ1v) is 6.61. The molecule has 1 aromatic rings. The number of aliphatic hydroxyl groups excluding tert-OH is 1. The lowest BCUT2D eigenvalue weighted by Gasteiger charge is -2.31. The van der Waals surface area contributed by atoms with E-state index in [1.165, 1.54) is 6.42 Å². The van der Waals surface area contributed by atoms with E-state index in [1.54, 1.807) is 0 Å². The maximum absolute atomic E-state index is 9.08. The Morgan fingerprint density at radius 2 is 1.89 bits per heavy atom. The van der Waals surface area contributed by atoms with E-state index < -0.39 is 5.79 Å². The predicted molar refractivity (Wildman–Crippen MR) is 67.5 cm³/mol. The standard InChI is InChI=1S/C14H19NO3/c15-11(9-16)10-4-5-12-13(8-10)18-14(17-12)6-2-1-3-7-14/h4-5,8,11,16H,1-3,6-7,9,15H2. The van der Waals surface area contributed by atoms with E-state index in [9.17, 15) is 0 Å². The maximum atomic E-state index is 9.08. The fourth-order valence-electron chi connectivity index (χ4n) is 2.74. The molecule has 1 heterocycles. The molecular formula is C14H19NO3. The Morgan fingerprint density at radius 3 is 2.61 bits per heavy atom. The van der Waals surface area contributed by atoms with Crippen molar-refractivity contribution in [3.63, 3.8) is 0 Å². The van der Waals surface area contributed by atoms with Crippen LogP contribution in [0.2, 0.25) is 0 Å². The van der Waals surface area contributed by atoms with Gasteiger partial charge < -0.3 is 20.3 Å². The fraction of sp³-hybridized carbons (Fsp3) is 0.571. The molecule has 0 amide bonds. The Hall–Kier alpha value is -1.26. The highest BCUT2D eigenvalue weighted by molar-refractivity contribution is 5.46. The van der Waals surface area contributed by atoms with E-state index in [4.69, 9.17) is 20.3 Å². The number of benzene rings is 1. The van der Waals surface area contributed by atoms with E-state index in [0.29, 0.717) is 0 Å². The maximum Gasteiger partial charge on any atom is 0.251 e. The fourth-order valence-corrected chi connectivity index (χ4v) is 2.74. The van der Waals surface area contributed by atoms with Gasteiger partial charge in [0.1, 0.15) is 0 Å². The van der Waals surface area contributed by atoms with E-state index in [-0.39, 0.29) is 12.6 Å². The van der Waals surface area contributed by atoms with Gasteiger partial charge in [0.25, 0.3) is 5.79 Å². The zero-order chi connectivity index (χ0) is 12.6. The summed E-state index contributed by atoms with van der Waals surface area (Å²) in [6, 6.07) is 5.32. The van der Waals surface area contributed by atoms with Crippen LogP contribution in [0.25, 0.3) is 0 Å². The highest BCUT2D eigenvalue weighted by Crippen LogP contribution is 2.46. The minimum Gasteiger partial charge on any atom is -0.448 e. The molecule has 0 bridgehead atoms. The number of aliphatic hydroxyl groups is 1. The summed E-state index contributed by atoms with van der Waals surface area (Å²) in [4.78, 5) is 0. The van der Waals surface area contributed by atoms with Crippen LogP contribution in [-0.4, -0.2) is 17.5 Å². The molecule has 1 aromatic carbocycles. The third kappa shape index (κ3) is 1.95. The Labute approximate surface area is 107 Å². The smallest absolute Gasteiger partial charge is 0.251 e. The SMILES string of the molecule is NC(CO)c1ccc2c(c1)OC1(CCCCC1)O2. The van der Waals surface area contributed by atoms with Gasteiger partial charge in [-0.15, -0.1) is 0 Å². The molecule has 1 saturated carbocycles. The number of rotatable bonds is 2. The van der Waals surface area contributed by atoms with Crippen molar-refractivity contribution in [2.75, 3.05) is 6.61 Å². The van der Waals surface area contributed by atoms with Gasteiger partial charge in [-0.3, -0.25) is 0 Å². The number of nitrogens with two attached hydrogens (primary N) is 1. The Kier molecular flexibility index (Phi) is 2.92. The van der Waals surface area contributed by atoms with E-state index in [2.05, 4.69) is 0 Å². The first-order valence-electron chi connectivity index (χ1n) is 6.61. The highest BCUT2D eigenvalue weighted by atomic mass is 16.7. The van der Waals surface area contributed by atoms with Crippen molar-refractivity contribution in [1.82, 2.24) is 0 Å². The van der Waals surface area contributed by atoms with Gasteiger partial charge in [0.2, 0.25) is 0 Å². The summed E-state index contributed by atoms with van der Waals surface area (Å²) < 4.78 is 12.0. The van der Waals surface area contributed by atoms with Crippen LogP contribution in [0.5, 0.6) is 11.5 Å². The molecular weight excluding hydrogens is 230 g/mol. The first-order chi connectivity index (χ1) is 8.72. The molecule has 18 heavy (non-hydrogen) atoms. The number of ether oxygens (including phenoxy) is 2. The quantitative estimate of drug-likeness (QED) is 0.842. The molecule has 1 aliphatic carbocycles. The molecule has 3 rings (SSSR count). The second kappa shape index (κ2) is 4.44. The van der Waals surface area contributed by atoms with Crippen molar-refractivity contribution in [3.8, 4) is 11.5 Å². The molecule has 1 atom stereocenters. The summed E-state index contributed by atoms with van der Waals surface area (Å²) in [5, 5.41) is 9.08. The van der Waals surface area contributed by atoms with Crippen LogP contribution in [0.1, 0.15) is 43.7 Å². The van der Waals surface area contributed by atoms with Crippen LogP contribution < -0.4 is 15.2 Å². The average Bonchev–Trinajstić information content (AvgIpc) is 2.74. The van der Waals surface area contributed by atoms with Crippen molar-refractivity contribution in [2.24, 2.45) is 5.73 Å². The summed E-state index contributed by atoms with van der Waals surface area (Å²) in [5.41, 5.74) is 6.69. The lowest BCUT2D eigenvalue weighted by Crippen LogP contribution is -2.40. The van der Waals surface area contributed by atoms with Crippen LogP contribution >= 0.6 is 0 Å². The lowest BCUT2D eigenvalue weighted by molar-refractivity contribution is -0.105. The summed E-state index contributed by atoms with van der Waals surface area (Å²) in [6.45, 7) is -0.0647. The van der Waals surface area contributed by atoms with Crippen molar-refractivity contribution in [2.45, 2.75) is 43.9 Å². The van der Waals surface area contributed by atoms with Gasteiger partial charge in [0.05, 0.1) is 12.6 Å². The summed E-state index contributed by atoms with van der Waals surface area (Å²) in [7, 11) is 0. The molecule has 2 aliphatic rings. The summed E-state index contributed by atoms with van der Waals surface area (Å²) >= 11 is 0. The monoisotopic (exact) mass is 249 g/mol. The molecule has 4 heteroatoms. The molecule has 3 N–H and O–H groups in total. The minimum atomic E-state index is -0.442. The predicted octanol–water partition coefficient (Wildman–Crippen LogP) is 2.11. The minimum absolute atomic E-state index is 0.0647. The van der Waals surface area contributed by atoms with Gasteiger partial charge in [-0.25, -0.2) is 0 Å². The van der Waals surface area contributed by atoms with Crippen molar-refractivity contribution < 1.29 is 14.6 Å². The normalized spacial score (nSPS) is 22.1. The first kappa shape index (κ1) is 11.8. The second-order valence-electron chi connectivity index (χ2n) is 5.17. The van der Waals surface area contributed by atoms with Gasteiger partial charge in [-0.2, -0.15) is 0 Å². The van der Waals surface area contributed by atoms with E-state index in [1.807, 2.05) is 18.2 Å². The average molecular weight is 249 g/mol. The van der Waals surface area contributed by atoms with Crippen LogP contribution in [0.15, 0.2) is 18.2 Å². The molecule has 1 aliphatic heterocycles. The van der Waals surface area contributed by atoms with Gasteiger partial charge in [-0.05, 0) is 30.5 Å². The Morgan fingerprint density at radius 1 is 1.17 bits per heavy atom. The molecule has 1 spiro atoms. The second-order valence-corrected chi connectivity index (χ2v) is 5.17. The third-order valence-corrected chi connectivity index (χ3v) is 3.80. The highest BCUT2D eigenvalue weighted by Gasteiger charge is 2.42. The molecule has 1 unspecified atom stereocenters. The van der Waals surface area contributed by atoms with Gasteiger partial charge in [0, 0.05) is 12.8 Å². The van der Waals surface area contributed by atoms with Gasteiger partial charge >= 0.3 is 0 Å². The summed E-state index contributed by atoms with van der Waals surface area (Å²) in [6.07, 6.45) is 5.45. The van der Waals surface area contributed by atoms with Crippen LogP contribution in [-0.2, 0) is 0 Å².